The van der Waals surface area contributed by atoms with Crippen molar-refractivity contribution in [1.29, 1.82) is 0 Å². The second-order valence-corrected chi connectivity index (χ2v) is 6.76. The zero-order valence-electron chi connectivity index (χ0n) is 13.7. The van der Waals surface area contributed by atoms with E-state index in [1.165, 1.54) is 11.3 Å². The average Bonchev–Trinajstić information content (AvgIpc) is 3.30. The predicted molar refractivity (Wildman–Crippen MR) is 100 cm³/mol. The number of anilines is 1. The number of hydrogen-bond donors (Lipinski definition) is 0. The molecule has 5 heteroatoms. The number of benzene rings is 2. The molecule has 25 heavy (non-hydrogen) atoms. The second-order valence-electron chi connectivity index (χ2n) is 5.75. The molecule has 0 saturated carbocycles. The molecule has 4 rings (SSSR count). The quantitative estimate of drug-likeness (QED) is 0.519. The minimum atomic E-state index is -0.0892. The van der Waals surface area contributed by atoms with Crippen LogP contribution in [0.15, 0.2) is 71.3 Å². The summed E-state index contributed by atoms with van der Waals surface area (Å²) in [6.07, 6.45) is 1.61. The number of amides is 1. The van der Waals surface area contributed by atoms with Gasteiger partial charge in [0.25, 0.3) is 5.91 Å². The lowest BCUT2D eigenvalue weighted by molar-refractivity contribution is 0.0983. The molecule has 2 heterocycles. The van der Waals surface area contributed by atoms with Crippen LogP contribution in [0, 0.1) is 6.92 Å². The maximum atomic E-state index is 13.1. The maximum absolute atomic E-state index is 13.1. The molecule has 0 bridgehead atoms. The van der Waals surface area contributed by atoms with Gasteiger partial charge in [-0.3, -0.25) is 9.69 Å². The molecule has 0 spiro atoms. The smallest absolute Gasteiger partial charge is 0.260 e. The lowest BCUT2D eigenvalue weighted by Gasteiger charge is -2.18. The molecule has 0 N–H and O–H groups in total. The van der Waals surface area contributed by atoms with Crippen molar-refractivity contribution in [3.63, 3.8) is 0 Å². The Morgan fingerprint density at radius 2 is 1.92 bits per heavy atom. The zero-order valence-corrected chi connectivity index (χ0v) is 14.5. The van der Waals surface area contributed by atoms with Crippen molar-refractivity contribution in [2.75, 3.05) is 4.90 Å². The summed E-state index contributed by atoms with van der Waals surface area (Å²) in [5.74, 6) is 0.633. The molecule has 0 radical (unpaired) electrons. The molecule has 0 unspecified atom stereocenters. The number of para-hydroxylation sites is 1. The first-order valence-corrected chi connectivity index (χ1v) is 8.79. The molecule has 0 aliphatic carbocycles. The number of hydrogen-bond acceptors (Lipinski definition) is 4. The Morgan fingerprint density at radius 3 is 2.64 bits per heavy atom. The normalized spacial score (nSPS) is 10.9. The summed E-state index contributed by atoms with van der Waals surface area (Å²) in [5, 5.41) is 0.676. The second kappa shape index (κ2) is 6.53. The van der Waals surface area contributed by atoms with Crippen molar-refractivity contribution in [3.8, 4) is 0 Å². The number of aromatic nitrogens is 1. The van der Waals surface area contributed by atoms with Gasteiger partial charge >= 0.3 is 0 Å². The highest BCUT2D eigenvalue weighted by Crippen LogP contribution is 2.32. The standard InChI is InChI=1S/C20H16N2O2S/c1-14-7-5-11-17-18(14)21-20(25-17)22(13-16-10-6-12-24-16)19(23)15-8-3-2-4-9-15/h2-12H,13H2,1H3. The van der Waals surface area contributed by atoms with Gasteiger partial charge in [0.05, 0.1) is 23.0 Å². The fourth-order valence-corrected chi connectivity index (χ4v) is 3.75. The summed E-state index contributed by atoms with van der Waals surface area (Å²) in [6, 6.07) is 19.0. The Labute approximate surface area is 149 Å². The maximum Gasteiger partial charge on any atom is 0.260 e. The molecule has 0 aliphatic rings. The van der Waals surface area contributed by atoms with Crippen LogP contribution in [0.4, 0.5) is 5.13 Å². The van der Waals surface area contributed by atoms with Gasteiger partial charge < -0.3 is 4.42 Å². The topological polar surface area (TPSA) is 46.3 Å². The van der Waals surface area contributed by atoms with Crippen LogP contribution in [-0.4, -0.2) is 10.9 Å². The van der Waals surface area contributed by atoms with Crippen molar-refractivity contribution in [2.45, 2.75) is 13.5 Å². The van der Waals surface area contributed by atoms with E-state index in [2.05, 4.69) is 0 Å². The molecule has 2 aromatic heterocycles. The van der Waals surface area contributed by atoms with Gasteiger partial charge in [-0.1, -0.05) is 41.7 Å². The van der Waals surface area contributed by atoms with Gasteiger partial charge in [-0.2, -0.15) is 0 Å². The number of carbonyl (C=O) groups excluding carboxylic acids is 1. The van der Waals surface area contributed by atoms with Gasteiger partial charge in [-0.15, -0.1) is 0 Å². The van der Waals surface area contributed by atoms with Crippen LogP contribution in [0.5, 0.6) is 0 Å². The first-order valence-electron chi connectivity index (χ1n) is 7.98. The van der Waals surface area contributed by atoms with Gasteiger partial charge in [0.15, 0.2) is 5.13 Å². The minimum Gasteiger partial charge on any atom is -0.467 e. The minimum absolute atomic E-state index is 0.0892. The van der Waals surface area contributed by atoms with Crippen LogP contribution in [0.2, 0.25) is 0 Å². The van der Waals surface area contributed by atoms with E-state index < -0.39 is 0 Å². The highest BCUT2D eigenvalue weighted by molar-refractivity contribution is 7.22. The zero-order chi connectivity index (χ0) is 17.2. The van der Waals surface area contributed by atoms with Crippen molar-refractivity contribution in [2.24, 2.45) is 0 Å². The Balaban J connectivity index is 1.78. The lowest BCUT2D eigenvalue weighted by Crippen LogP contribution is -2.30. The molecule has 0 saturated heterocycles. The highest BCUT2D eigenvalue weighted by atomic mass is 32.1. The first-order chi connectivity index (χ1) is 12.2. The highest BCUT2D eigenvalue weighted by Gasteiger charge is 2.22. The van der Waals surface area contributed by atoms with Gasteiger partial charge in [0.1, 0.15) is 5.76 Å². The molecule has 4 nitrogen and oxygen atoms in total. The average molecular weight is 348 g/mol. The van der Waals surface area contributed by atoms with Crippen LogP contribution >= 0.6 is 11.3 Å². The van der Waals surface area contributed by atoms with Crippen molar-refractivity contribution < 1.29 is 9.21 Å². The first kappa shape index (κ1) is 15.6. The van der Waals surface area contributed by atoms with Crippen LogP contribution in [0.1, 0.15) is 21.7 Å². The molecule has 2 aromatic carbocycles. The third kappa shape index (κ3) is 3.06. The molecule has 0 fully saturated rings. The molecule has 124 valence electrons. The SMILES string of the molecule is Cc1cccc2sc(N(Cc3ccco3)C(=O)c3ccccc3)nc12. The third-order valence-electron chi connectivity index (χ3n) is 4.00. The summed E-state index contributed by atoms with van der Waals surface area (Å²) in [7, 11) is 0. The summed E-state index contributed by atoms with van der Waals surface area (Å²) in [6.45, 7) is 2.38. The van der Waals surface area contributed by atoms with Crippen LogP contribution < -0.4 is 4.90 Å². The van der Waals surface area contributed by atoms with Crippen LogP contribution in [-0.2, 0) is 6.54 Å². The van der Waals surface area contributed by atoms with E-state index in [0.717, 1.165) is 21.5 Å². The van der Waals surface area contributed by atoms with E-state index in [-0.39, 0.29) is 5.91 Å². The van der Waals surface area contributed by atoms with Gasteiger partial charge in [0, 0.05) is 5.56 Å². The molecule has 0 atom stereocenters. The Bertz CT molecular complexity index is 1010. The summed E-state index contributed by atoms with van der Waals surface area (Å²) >= 11 is 1.52. The monoisotopic (exact) mass is 348 g/mol. The summed E-state index contributed by atoms with van der Waals surface area (Å²) < 4.78 is 6.52. The summed E-state index contributed by atoms with van der Waals surface area (Å²) in [4.78, 5) is 19.5. The number of thiazole rings is 1. The fraction of sp³-hybridized carbons (Fsp3) is 0.100. The van der Waals surface area contributed by atoms with E-state index in [0.29, 0.717) is 17.2 Å². The number of furan rings is 1. The van der Waals surface area contributed by atoms with Crippen LogP contribution in [0.25, 0.3) is 10.2 Å². The molecule has 0 aliphatic heterocycles. The van der Waals surface area contributed by atoms with Gasteiger partial charge in [-0.05, 0) is 42.8 Å². The van der Waals surface area contributed by atoms with E-state index >= 15 is 0 Å². The lowest BCUT2D eigenvalue weighted by atomic mass is 10.2. The predicted octanol–water partition coefficient (Wildman–Crippen LogP) is 5.04. The fourth-order valence-electron chi connectivity index (χ4n) is 2.71. The number of fused-ring (bicyclic) bond motifs is 1. The van der Waals surface area contributed by atoms with E-state index in [1.54, 1.807) is 11.2 Å². The summed E-state index contributed by atoms with van der Waals surface area (Å²) in [5.41, 5.74) is 2.67. The van der Waals surface area contributed by atoms with Gasteiger partial charge in [0.2, 0.25) is 0 Å². The number of nitrogens with zero attached hydrogens (tertiary/aromatic N) is 2. The number of carbonyl (C=O) groups is 1. The number of aryl methyl sites for hydroxylation is 1. The third-order valence-corrected chi connectivity index (χ3v) is 5.04. The molecular weight excluding hydrogens is 332 g/mol. The molecule has 4 aromatic rings. The van der Waals surface area contributed by atoms with Crippen molar-refractivity contribution in [1.82, 2.24) is 4.98 Å². The Morgan fingerprint density at radius 1 is 1.08 bits per heavy atom. The van der Waals surface area contributed by atoms with Gasteiger partial charge in [-0.25, -0.2) is 4.98 Å². The van der Waals surface area contributed by atoms with Crippen molar-refractivity contribution in [3.05, 3.63) is 83.8 Å². The molecular formula is C20H16N2O2S. The largest absolute Gasteiger partial charge is 0.467 e. The Kier molecular flexibility index (Phi) is 4.07. The Hall–Kier alpha value is -2.92. The van der Waals surface area contributed by atoms with Crippen LogP contribution in [0.3, 0.4) is 0 Å². The number of rotatable bonds is 4. The van der Waals surface area contributed by atoms with E-state index in [9.17, 15) is 4.79 Å². The van der Waals surface area contributed by atoms with E-state index in [1.807, 2.05) is 67.6 Å². The van der Waals surface area contributed by atoms with E-state index in [4.69, 9.17) is 9.40 Å². The van der Waals surface area contributed by atoms with Crippen molar-refractivity contribution >= 4 is 32.6 Å². The molecule has 1 amide bonds.